The SMILES string of the molecule is COc1ccc2c(c1OC)O/C(=C\c1cccs1)C2=O. The largest absolute Gasteiger partial charge is 0.493 e. The van der Waals surface area contributed by atoms with Crippen LogP contribution in [-0.4, -0.2) is 20.0 Å². The lowest BCUT2D eigenvalue weighted by Crippen LogP contribution is -1.97. The van der Waals surface area contributed by atoms with E-state index in [9.17, 15) is 4.79 Å². The van der Waals surface area contributed by atoms with E-state index >= 15 is 0 Å². The van der Waals surface area contributed by atoms with Crippen molar-refractivity contribution in [1.29, 1.82) is 0 Å². The first-order valence-electron chi connectivity index (χ1n) is 5.97. The highest BCUT2D eigenvalue weighted by Gasteiger charge is 2.32. The predicted molar refractivity (Wildman–Crippen MR) is 76.8 cm³/mol. The van der Waals surface area contributed by atoms with Crippen molar-refractivity contribution in [2.75, 3.05) is 14.2 Å². The Morgan fingerprint density at radius 2 is 2.05 bits per heavy atom. The molecule has 0 fully saturated rings. The molecule has 20 heavy (non-hydrogen) atoms. The third kappa shape index (κ3) is 1.96. The van der Waals surface area contributed by atoms with Crippen molar-refractivity contribution in [3.8, 4) is 17.2 Å². The normalized spacial score (nSPS) is 15.1. The maximum absolute atomic E-state index is 12.3. The number of ether oxygens (including phenoxy) is 3. The van der Waals surface area contributed by atoms with Crippen molar-refractivity contribution in [1.82, 2.24) is 0 Å². The van der Waals surface area contributed by atoms with Gasteiger partial charge in [0.05, 0.1) is 19.8 Å². The summed E-state index contributed by atoms with van der Waals surface area (Å²) in [5.41, 5.74) is 0.491. The van der Waals surface area contributed by atoms with E-state index in [2.05, 4.69) is 0 Å². The van der Waals surface area contributed by atoms with Crippen LogP contribution >= 0.6 is 11.3 Å². The third-order valence-electron chi connectivity index (χ3n) is 3.00. The zero-order valence-corrected chi connectivity index (χ0v) is 11.8. The van der Waals surface area contributed by atoms with Gasteiger partial charge in [0.25, 0.3) is 0 Å². The Bertz CT molecular complexity index is 686. The molecule has 1 aromatic carbocycles. The van der Waals surface area contributed by atoms with Gasteiger partial charge in [0.15, 0.2) is 17.3 Å². The Balaban J connectivity index is 2.06. The predicted octanol–water partition coefficient (Wildman–Crippen LogP) is 3.38. The molecule has 0 aliphatic carbocycles. The van der Waals surface area contributed by atoms with Crippen LogP contribution in [0.5, 0.6) is 17.2 Å². The molecule has 1 aliphatic heterocycles. The Hall–Kier alpha value is -2.27. The smallest absolute Gasteiger partial charge is 0.232 e. The molecule has 0 atom stereocenters. The number of thiophene rings is 1. The van der Waals surface area contributed by atoms with Crippen LogP contribution < -0.4 is 14.2 Å². The van der Waals surface area contributed by atoms with Gasteiger partial charge in [-0.05, 0) is 23.6 Å². The molecule has 0 amide bonds. The second-order valence-corrected chi connectivity index (χ2v) is 5.11. The Morgan fingerprint density at radius 1 is 1.20 bits per heavy atom. The molecule has 0 N–H and O–H groups in total. The van der Waals surface area contributed by atoms with E-state index in [-0.39, 0.29) is 5.78 Å². The minimum absolute atomic E-state index is 0.144. The van der Waals surface area contributed by atoms with Crippen molar-refractivity contribution in [2.24, 2.45) is 0 Å². The Labute approximate surface area is 120 Å². The number of ketones is 1. The minimum atomic E-state index is -0.144. The molecule has 2 aromatic rings. The van der Waals surface area contributed by atoms with E-state index in [1.807, 2.05) is 17.5 Å². The lowest BCUT2D eigenvalue weighted by molar-refractivity contribution is 0.101. The highest BCUT2D eigenvalue weighted by Crippen LogP contribution is 2.45. The number of hydrogen-bond donors (Lipinski definition) is 0. The number of carbonyl (C=O) groups excluding carboxylic acids is 1. The maximum atomic E-state index is 12.3. The van der Waals surface area contributed by atoms with Gasteiger partial charge in [0.1, 0.15) is 0 Å². The molecule has 0 radical (unpaired) electrons. The number of Topliss-reactive ketones (excluding diaryl/α,β-unsaturated/α-hetero) is 1. The van der Waals surface area contributed by atoms with Crippen LogP contribution in [0, 0.1) is 0 Å². The topological polar surface area (TPSA) is 44.8 Å². The van der Waals surface area contributed by atoms with Crippen molar-refractivity contribution < 1.29 is 19.0 Å². The van der Waals surface area contributed by atoms with Gasteiger partial charge in [-0.2, -0.15) is 0 Å². The van der Waals surface area contributed by atoms with Crippen molar-refractivity contribution in [3.63, 3.8) is 0 Å². The summed E-state index contributed by atoms with van der Waals surface area (Å²) in [5, 5.41) is 1.95. The first kappa shape index (κ1) is 12.7. The fourth-order valence-corrected chi connectivity index (χ4v) is 2.71. The molecule has 102 valence electrons. The summed E-state index contributed by atoms with van der Waals surface area (Å²) in [6.45, 7) is 0. The standard InChI is InChI=1S/C15H12O4S/c1-17-11-6-5-10-13(16)12(8-9-4-3-7-20-9)19-14(10)15(11)18-2/h3-8H,1-2H3/b12-8-. The molecule has 2 heterocycles. The summed E-state index contributed by atoms with van der Waals surface area (Å²) in [4.78, 5) is 13.3. The quantitative estimate of drug-likeness (QED) is 0.812. The fourth-order valence-electron chi connectivity index (χ4n) is 2.07. The van der Waals surface area contributed by atoms with Crippen LogP contribution in [0.25, 0.3) is 6.08 Å². The molecule has 4 nitrogen and oxygen atoms in total. The fraction of sp³-hybridized carbons (Fsp3) is 0.133. The first-order valence-corrected chi connectivity index (χ1v) is 6.85. The summed E-state index contributed by atoms with van der Waals surface area (Å²) in [6, 6.07) is 7.24. The van der Waals surface area contributed by atoms with Gasteiger partial charge in [-0.15, -0.1) is 11.3 Å². The number of fused-ring (bicyclic) bond motifs is 1. The average Bonchev–Trinajstić information content (AvgIpc) is 3.07. The molecule has 0 spiro atoms. The number of methoxy groups -OCH3 is 2. The Kier molecular flexibility index (Phi) is 3.20. The van der Waals surface area contributed by atoms with E-state index in [1.54, 1.807) is 36.7 Å². The molecule has 0 bridgehead atoms. The Morgan fingerprint density at radius 3 is 2.70 bits per heavy atom. The van der Waals surface area contributed by atoms with Gasteiger partial charge in [-0.1, -0.05) is 6.07 Å². The summed E-state index contributed by atoms with van der Waals surface area (Å²) in [5.74, 6) is 1.55. The molecule has 0 saturated carbocycles. The summed E-state index contributed by atoms with van der Waals surface area (Å²) in [7, 11) is 3.07. The van der Waals surface area contributed by atoms with Gasteiger partial charge in [-0.3, -0.25) is 4.79 Å². The van der Waals surface area contributed by atoms with Gasteiger partial charge in [-0.25, -0.2) is 0 Å². The molecule has 5 heteroatoms. The number of benzene rings is 1. The summed E-state index contributed by atoms with van der Waals surface area (Å²) < 4.78 is 16.2. The van der Waals surface area contributed by atoms with E-state index in [1.165, 1.54) is 7.11 Å². The van der Waals surface area contributed by atoms with Gasteiger partial charge in [0, 0.05) is 11.0 Å². The molecule has 0 unspecified atom stereocenters. The zero-order chi connectivity index (χ0) is 14.1. The first-order chi connectivity index (χ1) is 9.74. The highest BCUT2D eigenvalue weighted by molar-refractivity contribution is 7.10. The maximum Gasteiger partial charge on any atom is 0.232 e. The molecule has 1 aromatic heterocycles. The number of hydrogen-bond acceptors (Lipinski definition) is 5. The summed E-state index contributed by atoms with van der Waals surface area (Å²) >= 11 is 1.54. The molecular weight excluding hydrogens is 276 g/mol. The van der Waals surface area contributed by atoms with E-state index in [0.29, 0.717) is 28.6 Å². The monoisotopic (exact) mass is 288 g/mol. The van der Waals surface area contributed by atoms with Crippen LogP contribution in [0.3, 0.4) is 0 Å². The molecular formula is C15H12O4S. The van der Waals surface area contributed by atoms with Crippen molar-refractivity contribution >= 4 is 23.2 Å². The molecule has 0 saturated heterocycles. The second kappa shape index (κ2) is 5.02. The average molecular weight is 288 g/mol. The number of allylic oxidation sites excluding steroid dienone is 1. The number of carbonyl (C=O) groups is 1. The van der Waals surface area contributed by atoms with Gasteiger partial charge in [0.2, 0.25) is 11.5 Å². The summed E-state index contributed by atoms with van der Waals surface area (Å²) in [6.07, 6.45) is 1.74. The highest BCUT2D eigenvalue weighted by atomic mass is 32.1. The van der Waals surface area contributed by atoms with Crippen LogP contribution in [-0.2, 0) is 0 Å². The van der Waals surface area contributed by atoms with E-state index in [4.69, 9.17) is 14.2 Å². The van der Waals surface area contributed by atoms with Crippen LogP contribution in [0.15, 0.2) is 35.4 Å². The van der Waals surface area contributed by atoms with Gasteiger partial charge >= 0.3 is 0 Å². The minimum Gasteiger partial charge on any atom is -0.493 e. The van der Waals surface area contributed by atoms with Crippen LogP contribution in [0.4, 0.5) is 0 Å². The van der Waals surface area contributed by atoms with Gasteiger partial charge < -0.3 is 14.2 Å². The van der Waals surface area contributed by atoms with Crippen molar-refractivity contribution in [2.45, 2.75) is 0 Å². The lowest BCUT2D eigenvalue weighted by atomic mass is 10.1. The van der Waals surface area contributed by atoms with E-state index in [0.717, 1.165) is 4.88 Å². The molecule has 3 rings (SSSR count). The zero-order valence-electron chi connectivity index (χ0n) is 11.0. The number of rotatable bonds is 3. The van der Waals surface area contributed by atoms with Crippen molar-refractivity contribution in [3.05, 3.63) is 45.8 Å². The van der Waals surface area contributed by atoms with E-state index < -0.39 is 0 Å². The second-order valence-electron chi connectivity index (χ2n) is 4.13. The third-order valence-corrected chi connectivity index (χ3v) is 3.82. The van der Waals surface area contributed by atoms with Crippen LogP contribution in [0.1, 0.15) is 15.2 Å². The lowest BCUT2D eigenvalue weighted by Gasteiger charge is -2.10. The molecule has 1 aliphatic rings. The van der Waals surface area contributed by atoms with Crippen LogP contribution in [0.2, 0.25) is 0 Å².